The zero-order valence-corrected chi connectivity index (χ0v) is 19.9. The molecule has 0 saturated carbocycles. The fourth-order valence-corrected chi connectivity index (χ4v) is 4.72. The molecule has 3 aromatic rings. The molecule has 3 rings (SSSR count). The van der Waals surface area contributed by atoms with Gasteiger partial charge >= 0.3 is 0 Å². The van der Waals surface area contributed by atoms with Crippen LogP contribution < -0.4 is 10.9 Å². The average Bonchev–Trinajstić information content (AvgIpc) is 2.73. The van der Waals surface area contributed by atoms with Gasteiger partial charge in [-0.15, -0.1) is 0 Å². The van der Waals surface area contributed by atoms with E-state index < -0.39 is 8.07 Å². The van der Waals surface area contributed by atoms with E-state index in [2.05, 4.69) is 43.9 Å². The van der Waals surface area contributed by atoms with Gasteiger partial charge in [0.25, 0.3) is 5.91 Å². The second-order valence-electron chi connectivity index (χ2n) is 8.78. The molecule has 0 aliphatic rings. The summed E-state index contributed by atoms with van der Waals surface area (Å²) in [5, 5.41) is 1.84. The Morgan fingerprint density at radius 1 is 0.968 bits per heavy atom. The number of nitrogens with zero attached hydrogens (tertiary/aromatic N) is 1. The summed E-state index contributed by atoms with van der Waals surface area (Å²) in [6.45, 7) is 7.86. The molecule has 0 spiro atoms. The molecule has 162 valence electrons. The van der Waals surface area contributed by atoms with E-state index >= 15 is 0 Å². The zero-order valence-electron chi connectivity index (χ0n) is 18.2. The van der Waals surface area contributed by atoms with Crippen LogP contribution in [-0.4, -0.2) is 25.4 Å². The van der Waals surface area contributed by atoms with Crippen LogP contribution in [0.1, 0.15) is 21.5 Å². The van der Waals surface area contributed by atoms with Gasteiger partial charge in [-0.2, -0.15) is 0 Å². The van der Waals surface area contributed by atoms with Gasteiger partial charge in [-0.25, -0.2) is 4.39 Å². The first-order chi connectivity index (χ1) is 14.6. The smallest absolute Gasteiger partial charge is 0.256 e. The first-order valence-corrected chi connectivity index (χ1v) is 14.2. The summed E-state index contributed by atoms with van der Waals surface area (Å²) in [6.07, 6.45) is 0.611. The van der Waals surface area contributed by atoms with Crippen molar-refractivity contribution in [2.45, 2.75) is 32.6 Å². The molecular weight excluding hydrogens is 427 g/mol. The number of benzene rings is 3. The van der Waals surface area contributed by atoms with Crippen LogP contribution in [0.5, 0.6) is 0 Å². The van der Waals surface area contributed by atoms with Crippen molar-refractivity contribution in [3.8, 4) is 0 Å². The molecule has 3 nitrogen and oxygen atoms in total. The Hall–Kier alpha value is -2.63. The highest BCUT2D eigenvalue weighted by Gasteiger charge is 2.20. The van der Waals surface area contributed by atoms with Crippen LogP contribution in [0.3, 0.4) is 0 Å². The Morgan fingerprint density at radius 2 is 1.58 bits per heavy atom. The molecule has 6 heteroatoms. The summed E-state index contributed by atoms with van der Waals surface area (Å²) in [4.78, 5) is 15.1. The molecule has 0 fully saturated rings. The van der Waals surface area contributed by atoms with Gasteiger partial charge in [0.1, 0.15) is 5.82 Å². The number of nitrogens with two attached hydrogens (primary N) is 1. The maximum atomic E-state index is 13.4. The first kappa shape index (κ1) is 23.0. The van der Waals surface area contributed by atoms with Crippen molar-refractivity contribution in [3.05, 3.63) is 94.3 Å². The second-order valence-corrected chi connectivity index (χ2v) is 14.3. The number of halogens is 2. The number of nitrogen functional groups attached to an aromatic ring is 1. The van der Waals surface area contributed by atoms with Crippen molar-refractivity contribution in [2.24, 2.45) is 0 Å². The van der Waals surface area contributed by atoms with Gasteiger partial charge in [-0.3, -0.25) is 4.79 Å². The minimum Gasteiger partial charge on any atom is -0.398 e. The number of carbonyl (C=O) groups excluding carboxylic acids is 1. The maximum absolute atomic E-state index is 13.4. The number of hydrogen-bond acceptors (Lipinski definition) is 2. The van der Waals surface area contributed by atoms with Gasteiger partial charge in [-0.1, -0.05) is 72.8 Å². The van der Waals surface area contributed by atoms with Crippen LogP contribution in [0, 0.1) is 5.82 Å². The van der Waals surface area contributed by atoms with Gasteiger partial charge in [0.05, 0.1) is 13.6 Å². The molecule has 3 aromatic carbocycles. The van der Waals surface area contributed by atoms with Gasteiger partial charge in [0, 0.05) is 23.8 Å². The Bertz CT molecular complexity index is 1050. The van der Waals surface area contributed by atoms with Crippen LogP contribution in [0.25, 0.3) is 0 Å². The van der Waals surface area contributed by atoms with Gasteiger partial charge in [0.2, 0.25) is 0 Å². The first-order valence-electron chi connectivity index (χ1n) is 10.3. The fourth-order valence-electron chi connectivity index (χ4n) is 3.38. The molecule has 0 heterocycles. The quantitative estimate of drug-likeness (QED) is 0.379. The van der Waals surface area contributed by atoms with Gasteiger partial charge < -0.3 is 10.6 Å². The monoisotopic (exact) mass is 454 g/mol. The Morgan fingerprint density at radius 3 is 2.19 bits per heavy atom. The van der Waals surface area contributed by atoms with E-state index in [0.717, 1.165) is 11.1 Å². The number of rotatable bonds is 7. The molecule has 1 amide bonds. The highest BCUT2D eigenvalue weighted by molar-refractivity contribution is 6.88. The lowest BCUT2D eigenvalue weighted by atomic mass is 10.1. The molecule has 0 unspecified atom stereocenters. The van der Waals surface area contributed by atoms with E-state index in [0.29, 0.717) is 35.8 Å². The average molecular weight is 455 g/mol. The van der Waals surface area contributed by atoms with E-state index in [1.165, 1.54) is 17.3 Å². The number of carbonyl (C=O) groups is 1. The van der Waals surface area contributed by atoms with E-state index in [1.807, 2.05) is 0 Å². The molecule has 0 aliphatic heterocycles. The Kier molecular flexibility index (Phi) is 7.18. The second kappa shape index (κ2) is 9.67. The third-order valence-corrected chi connectivity index (χ3v) is 7.61. The topological polar surface area (TPSA) is 46.3 Å². The minimum absolute atomic E-state index is 0.170. The van der Waals surface area contributed by atoms with Crippen molar-refractivity contribution in [3.63, 3.8) is 0 Å². The predicted octanol–water partition coefficient (Wildman–Crippen LogP) is 5.49. The van der Waals surface area contributed by atoms with E-state index in [1.54, 1.807) is 35.2 Å². The molecule has 31 heavy (non-hydrogen) atoms. The van der Waals surface area contributed by atoms with Crippen LogP contribution in [0.15, 0.2) is 66.7 Å². The summed E-state index contributed by atoms with van der Waals surface area (Å²) in [5.41, 5.74) is 8.88. The van der Waals surface area contributed by atoms with Crippen molar-refractivity contribution in [1.82, 2.24) is 4.90 Å². The summed E-state index contributed by atoms with van der Waals surface area (Å²) in [5.74, 6) is -0.442. The van der Waals surface area contributed by atoms with Crippen LogP contribution >= 0.6 is 11.6 Å². The summed E-state index contributed by atoms with van der Waals surface area (Å²) < 4.78 is 13.2. The third kappa shape index (κ3) is 6.18. The number of anilines is 1. The molecule has 0 bridgehead atoms. The number of amides is 1. The molecule has 0 saturated heterocycles. The lowest BCUT2D eigenvalue weighted by Crippen LogP contribution is -2.37. The van der Waals surface area contributed by atoms with E-state index in [-0.39, 0.29) is 11.7 Å². The van der Waals surface area contributed by atoms with Gasteiger partial charge in [0.15, 0.2) is 0 Å². The van der Waals surface area contributed by atoms with E-state index in [4.69, 9.17) is 17.3 Å². The van der Waals surface area contributed by atoms with Crippen molar-refractivity contribution in [2.75, 3.05) is 12.3 Å². The van der Waals surface area contributed by atoms with Crippen molar-refractivity contribution in [1.29, 1.82) is 0 Å². The lowest BCUT2D eigenvalue weighted by Gasteiger charge is -2.24. The summed E-state index contributed by atoms with van der Waals surface area (Å²) >= 11 is 6.12. The highest BCUT2D eigenvalue weighted by Crippen LogP contribution is 2.21. The maximum Gasteiger partial charge on any atom is 0.256 e. The van der Waals surface area contributed by atoms with Crippen LogP contribution in [-0.2, 0) is 13.0 Å². The molecular formula is C25H28ClFN2OSi. The Labute approximate surface area is 189 Å². The normalized spacial score (nSPS) is 11.4. The SMILES string of the molecule is C[Si](C)(C)c1ccc(CN(CCc2ccc(F)cc2)C(=O)c2cc(Cl)ccc2N)cc1. The van der Waals surface area contributed by atoms with E-state index in [9.17, 15) is 9.18 Å². The molecule has 0 aliphatic carbocycles. The molecule has 2 N–H and O–H groups in total. The van der Waals surface area contributed by atoms with Crippen LogP contribution in [0.2, 0.25) is 24.7 Å². The minimum atomic E-state index is -1.39. The predicted molar refractivity (Wildman–Crippen MR) is 130 cm³/mol. The number of hydrogen-bond donors (Lipinski definition) is 1. The van der Waals surface area contributed by atoms with Gasteiger partial charge in [-0.05, 0) is 47.9 Å². The Balaban J connectivity index is 1.85. The highest BCUT2D eigenvalue weighted by atomic mass is 35.5. The zero-order chi connectivity index (χ0) is 22.6. The van der Waals surface area contributed by atoms with Crippen molar-refractivity contribution >= 4 is 36.5 Å². The standard InChI is InChI=1S/C25H28ClFN2OSi/c1-31(2,3)22-11-6-19(7-12-22)17-29(15-14-18-4-9-21(27)10-5-18)25(30)23-16-20(26)8-13-24(23)28/h4-13,16H,14-15,17,28H2,1-3H3. The molecule has 0 atom stereocenters. The molecule has 0 aromatic heterocycles. The largest absolute Gasteiger partial charge is 0.398 e. The lowest BCUT2D eigenvalue weighted by molar-refractivity contribution is 0.0746. The van der Waals surface area contributed by atoms with Crippen LogP contribution in [0.4, 0.5) is 10.1 Å². The van der Waals surface area contributed by atoms with Crippen molar-refractivity contribution < 1.29 is 9.18 Å². The summed E-state index contributed by atoms with van der Waals surface area (Å²) in [6, 6.07) is 19.8. The fraction of sp³-hybridized carbons (Fsp3) is 0.240. The molecule has 0 radical (unpaired) electrons. The third-order valence-electron chi connectivity index (χ3n) is 5.31. The summed E-state index contributed by atoms with van der Waals surface area (Å²) in [7, 11) is -1.39.